The molecule has 0 unspecified atom stereocenters. The van der Waals surface area contributed by atoms with Crippen LogP contribution in [0.4, 0.5) is 4.79 Å². The van der Waals surface area contributed by atoms with Crippen LogP contribution in [0.15, 0.2) is 59.5 Å². The van der Waals surface area contributed by atoms with Gasteiger partial charge in [0.25, 0.3) is 10.1 Å². The van der Waals surface area contributed by atoms with Gasteiger partial charge >= 0.3 is 12.1 Å². The van der Waals surface area contributed by atoms with E-state index in [2.05, 4.69) is 10.1 Å². The van der Waals surface area contributed by atoms with E-state index >= 15 is 0 Å². The van der Waals surface area contributed by atoms with Crippen LogP contribution in [0.25, 0.3) is 0 Å². The highest BCUT2D eigenvalue weighted by Crippen LogP contribution is 2.17. The fraction of sp³-hybridized carbons (Fsp3) is 0.300. The van der Waals surface area contributed by atoms with Gasteiger partial charge in [0.2, 0.25) is 0 Å². The number of carbonyl (C=O) groups excluding carboxylic acids is 2. The molecule has 8 nitrogen and oxygen atoms in total. The van der Waals surface area contributed by atoms with Crippen molar-refractivity contribution in [2.24, 2.45) is 0 Å². The van der Waals surface area contributed by atoms with Gasteiger partial charge in [-0.05, 0) is 31.5 Å². The van der Waals surface area contributed by atoms with Gasteiger partial charge < -0.3 is 14.8 Å². The molecule has 0 saturated heterocycles. The van der Waals surface area contributed by atoms with Crippen LogP contribution in [0, 0.1) is 6.92 Å². The molecule has 0 aromatic heterocycles. The van der Waals surface area contributed by atoms with E-state index in [-0.39, 0.29) is 11.5 Å². The van der Waals surface area contributed by atoms with Gasteiger partial charge in [-0.25, -0.2) is 9.59 Å². The summed E-state index contributed by atoms with van der Waals surface area (Å²) in [5, 5.41) is 2.30. The predicted molar refractivity (Wildman–Crippen MR) is 104 cm³/mol. The Morgan fingerprint density at radius 1 is 1.03 bits per heavy atom. The van der Waals surface area contributed by atoms with E-state index in [1.165, 1.54) is 19.1 Å². The quantitative estimate of drug-likeness (QED) is 0.515. The van der Waals surface area contributed by atoms with E-state index in [0.29, 0.717) is 0 Å². The molecular formula is C20H23NO7S. The highest BCUT2D eigenvalue weighted by Gasteiger charge is 2.33. The second-order valence-corrected chi connectivity index (χ2v) is 7.85. The first kappa shape index (κ1) is 22.4. The Labute approximate surface area is 169 Å². The first-order chi connectivity index (χ1) is 13.7. The summed E-state index contributed by atoms with van der Waals surface area (Å²) in [4.78, 5) is 24.1. The monoisotopic (exact) mass is 421 g/mol. The van der Waals surface area contributed by atoms with Gasteiger partial charge in [-0.1, -0.05) is 48.0 Å². The third-order valence-corrected chi connectivity index (χ3v) is 5.41. The van der Waals surface area contributed by atoms with Crippen LogP contribution in [0.5, 0.6) is 0 Å². The summed E-state index contributed by atoms with van der Waals surface area (Å²) >= 11 is 0. The van der Waals surface area contributed by atoms with Crippen LogP contribution in [0.3, 0.4) is 0 Å². The Hall–Kier alpha value is -2.91. The van der Waals surface area contributed by atoms with Crippen molar-refractivity contribution in [1.82, 2.24) is 5.32 Å². The largest absolute Gasteiger partial charge is 0.467 e. The summed E-state index contributed by atoms with van der Waals surface area (Å²) in [6, 6.07) is 13.6. The number of rotatable bonds is 8. The summed E-state index contributed by atoms with van der Waals surface area (Å²) in [6.45, 7) is 3.14. The van der Waals surface area contributed by atoms with Crippen LogP contribution in [0.2, 0.25) is 0 Å². The lowest BCUT2D eigenvalue weighted by molar-refractivity contribution is -0.145. The number of hydrogen-bond donors (Lipinski definition) is 1. The molecule has 0 aliphatic carbocycles. The van der Waals surface area contributed by atoms with E-state index in [4.69, 9.17) is 8.92 Å². The lowest BCUT2D eigenvalue weighted by Crippen LogP contribution is -2.49. The molecule has 0 heterocycles. The average molecular weight is 421 g/mol. The van der Waals surface area contributed by atoms with Crippen LogP contribution in [-0.2, 0) is 35.2 Å². The van der Waals surface area contributed by atoms with Crippen LogP contribution in [-0.4, -0.2) is 39.7 Å². The molecule has 0 radical (unpaired) electrons. The van der Waals surface area contributed by atoms with Gasteiger partial charge in [-0.3, -0.25) is 4.18 Å². The Morgan fingerprint density at radius 2 is 1.66 bits per heavy atom. The molecule has 0 spiro atoms. The molecule has 29 heavy (non-hydrogen) atoms. The number of aryl methyl sites for hydroxylation is 1. The number of amides is 1. The zero-order chi connectivity index (χ0) is 21.4. The smallest absolute Gasteiger partial charge is 0.408 e. The summed E-state index contributed by atoms with van der Waals surface area (Å²) in [7, 11) is -3.04. The van der Waals surface area contributed by atoms with Gasteiger partial charge in [-0.2, -0.15) is 8.42 Å². The van der Waals surface area contributed by atoms with Crippen LogP contribution < -0.4 is 5.32 Å². The predicted octanol–water partition coefficient (Wildman–Crippen LogP) is 2.56. The third kappa shape index (κ3) is 6.58. The number of nitrogens with one attached hydrogen (secondary N) is 1. The van der Waals surface area contributed by atoms with Crippen molar-refractivity contribution in [3.05, 3.63) is 65.7 Å². The molecule has 9 heteroatoms. The maximum Gasteiger partial charge on any atom is 0.408 e. The molecule has 2 aromatic rings. The number of benzene rings is 2. The van der Waals surface area contributed by atoms with Gasteiger partial charge in [0.05, 0.1) is 12.0 Å². The molecule has 0 aliphatic rings. The summed E-state index contributed by atoms with van der Waals surface area (Å²) < 4.78 is 39.7. The summed E-state index contributed by atoms with van der Waals surface area (Å²) in [5.74, 6) is -0.867. The van der Waals surface area contributed by atoms with E-state index in [1.807, 2.05) is 13.0 Å². The molecule has 156 valence electrons. The van der Waals surface area contributed by atoms with Crippen molar-refractivity contribution >= 4 is 22.2 Å². The van der Waals surface area contributed by atoms with E-state index in [0.717, 1.165) is 18.2 Å². The fourth-order valence-electron chi connectivity index (χ4n) is 2.40. The number of ether oxygens (including phenoxy) is 2. The Bertz CT molecular complexity index is 927. The second-order valence-electron chi connectivity index (χ2n) is 6.28. The maximum atomic E-state index is 12.4. The van der Waals surface area contributed by atoms with Gasteiger partial charge in [0, 0.05) is 0 Å². The highest BCUT2D eigenvalue weighted by molar-refractivity contribution is 7.86. The minimum atomic E-state index is -4.15. The van der Waals surface area contributed by atoms with Crippen molar-refractivity contribution in [3.63, 3.8) is 0 Å². The minimum Gasteiger partial charge on any atom is -0.467 e. The molecule has 0 fully saturated rings. The molecule has 1 N–H and O–H groups in total. The van der Waals surface area contributed by atoms with Crippen molar-refractivity contribution in [3.8, 4) is 0 Å². The molecule has 0 bridgehead atoms. The Kier molecular flexibility index (Phi) is 7.74. The Morgan fingerprint density at radius 3 is 2.24 bits per heavy atom. The van der Waals surface area contributed by atoms with Gasteiger partial charge in [0.1, 0.15) is 12.7 Å². The molecular weight excluding hydrogens is 398 g/mol. The van der Waals surface area contributed by atoms with Crippen molar-refractivity contribution in [2.75, 3.05) is 7.11 Å². The number of methoxy groups -OCH3 is 1. The minimum absolute atomic E-state index is 0.0164. The molecule has 1 amide bonds. The summed E-state index contributed by atoms with van der Waals surface area (Å²) in [6.07, 6.45) is -2.15. The summed E-state index contributed by atoms with van der Waals surface area (Å²) in [5.41, 5.74) is 1.63. The highest BCUT2D eigenvalue weighted by atomic mass is 32.2. The van der Waals surface area contributed by atoms with Crippen LogP contribution >= 0.6 is 0 Å². The standard InChI is InChI=1S/C20H23NO7S/c1-14-9-11-17(12-10-14)29(24,25)28-15(2)18(19(22)26-3)21-20(23)27-13-16-7-5-4-6-8-16/h4-12,15,18H,13H2,1-3H3,(H,21,23)/t15-,18+/m1/s1. The maximum absolute atomic E-state index is 12.4. The van der Waals surface area contributed by atoms with Gasteiger partial charge in [-0.15, -0.1) is 0 Å². The van der Waals surface area contributed by atoms with Crippen molar-refractivity contribution in [2.45, 2.75) is 37.5 Å². The van der Waals surface area contributed by atoms with Crippen molar-refractivity contribution < 1.29 is 31.7 Å². The molecule has 2 aromatic carbocycles. The molecule has 0 saturated carbocycles. The van der Waals surface area contributed by atoms with E-state index in [9.17, 15) is 18.0 Å². The number of carbonyl (C=O) groups is 2. The first-order valence-corrected chi connectivity index (χ1v) is 10.2. The zero-order valence-corrected chi connectivity index (χ0v) is 17.1. The fourth-order valence-corrected chi connectivity index (χ4v) is 3.49. The molecule has 0 aliphatic heterocycles. The second kappa shape index (κ2) is 10.0. The van der Waals surface area contributed by atoms with Crippen LogP contribution in [0.1, 0.15) is 18.1 Å². The molecule has 2 rings (SSSR count). The topological polar surface area (TPSA) is 108 Å². The Balaban J connectivity index is 2.05. The number of alkyl carbamates (subject to hydrolysis) is 1. The first-order valence-electron chi connectivity index (χ1n) is 8.78. The van der Waals surface area contributed by atoms with Gasteiger partial charge in [0.15, 0.2) is 6.04 Å². The SMILES string of the molecule is COC(=O)[C@@H](NC(=O)OCc1ccccc1)[C@@H](C)OS(=O)(=O)c1ccc(C)cc1. The van der Waals surface area contributed by atoms with E-state index in [1.54, 1.807) is 36.4 Å². The average Bonchev–Trinajstić information content (AvgIpc) is 2.70. The zero-order valence-electron chi connectivity index (χ0n) is 16.3. The lowest BCUT2D eigenvalue weighted by Gasteiger charge is -2.22. The lowest BCUT2D eigenvalue weighted by atomic mass is 10.2. The van der Waals surface area contributed by atoms with E-state index < -0.39 is 34.3 Å². The third-order valence-electron chi connectivity index (χ3n) is 4.00. The molecule has 2 atom stereocenters. The van der Waals surface area contributed by atoms with Crippen molar-refractivity contribution in [1.29, 1.82) is 0 Å². The number of esters is 1. The number of hydrogen-bond acceptors (Lipinski definition) is 7. The normalized spacial score (nSPS) is 13.2.